The van der Waals surface area contributed by atoms with E-state index in [2.05, 4.69) is 186 Å². The fraction of sp³-hybridized carbons (Fsp3) is 0.222. The molecule has 11 aromatic rings. The summed E-state index contributed by atoms with van der Waals surface area (Å²) >= 11 is 0. The van der Waals surface area contributed by atoms with Crippen molar-refractivity contribution in [2.45, 2.75) is 79.1 Å². The molecule has 56 heavy (non-hydrogen) atoms. The minimum Gasteiger partial charge on any atom is -0.308 e. The predicted octanol–water partition coefficient (Wildman–Crippen LogP) is 15.8. The zero-order valence-corrected chi connectivity index (χ0v) is 33.8. The summed E-state index contributed by atoms with van der Waals surface area (Å²) < 4.78 is 5.36. The maximum atomic E-state index is 2.68. The normalized spacial score (nSPS) is 12.9. The SMILES string of the molecule is CC(C)c1cc(C(C)C)c2c(c1)c1c3c4cc(-c5ccccc5)ccc4n4c5c(C(C)C)cc(C(C)C)cc5c(c5c6cc(-c7ccccc7)ccc6n2c51)c34. The number of nitrogens with zero attached hydrogens (tertiary/aromatic N) is 2. The van der Waals surface area contributed by atoms with Crippen LogP contribution in [-0.4, -0.2) is 8.80 Å². The molecule has 0 unspecified atom stereocenters. The molecule has 0 fully saturated rings. The molecule has 0 atom stereocenters. The highest BCUT2D eigenvalue weighted by Gasteiger charge is 2.31. The fourth-order valence-electron chi connectivity index (χ4n) is 10.2. The second kappa shape index (κ2) is 11.8. The molecule has 0 radical (unpaired) electrons. The van der Waals surface area contributed by atoms with Gasteiger partial charge in [0.05, 0.1) is 33.1 Å². The molecule has 2 nitrogen and oxygen atoms in total. The third-order valence-electron chi connectivity index (χ3n) is 13.0. The van der Waals surface area contributed by atoms with Crippen LogP contribution in [0.2, 0.25) is 0 Å². The fourth-order valence-corrected chi connectivity index (χ4v) is 10.2. The van der Waals surface area contributed by atoms with Crippen LogP contribution < -0.4 is 0 Å². The quantitative estimate of drug-likeness (QED) is 0.161. The summed E-state index contributed by atoms with van der Waals surface area (Å²) in [6.45, 7) is 18.9. The molecule has 274 valence electrons. The van der Waals surface area contributed by atoms with Crippen LogP contribution in [0, 0.1) is 0 Å². The number of hydrogen-bond acceptors (Lipinski definition) is 0. The first-order chi connectivity index (χ1) is 27.1. The summed E-state index contributed by atoms with van der Waals surface area (Å²) in [7, 11) is 0. The first kappa shape index (κ1) is 33.5. The Morgan fingerprint density at radius 1 is 0.321 bits per heavy atom. The Bertz CT molecular complexity index is 3110. The molecule has 0 bridgehead atoms. The van der Waals surface area contributed by atoms with Gasteiger partial charge in [0.15, 0.2) is 0 Å². The monoisotopic (exact) mass is 724 g/mol. The van der Waals surface area contributed by atoms with Gasteiger partial charge in [-0.05, 0) is 105 Å². The first-order valence-electron chi connectivity index (χ1n) is 20.7. The van der Waals surface area contributed by atoms with Crippen LogP contribution in [-0.2, 0) is 0 Å². The molecule has 4 heterocycles. The van der Waals surface area contributed by atoms with Crippen molar-refractivity contribution < 1.29 is 0 Å². The molecule has 0 saturated heterocycles. The van der Waals surface area contributed by atoms with Crippen molar-refractivity contribution in [3.8, 4) is 22.3 Å². The predicted molar refractivity (Wildman–Crippen MR) is 243 cm³/mol. The molecule has 0 amide bonds. The summed E-state index contributed by atoms with van der Waals surface area (Å²) in [5, 5.41) is 11.0. The average molecular weight is 725 g/mol. The van der Waals surface area contributed by atoms with E-state index in [0.29, 0.717) is 23.7 Å². The average Bonchev–Trinajstić information content (AvgIpc) is 3.93. The Morgan fingerprint density at radius 3 is 1.05 bits per heavy atom. The summed E-state index contributed by atoms with van der Waals surface area (Å²) in [5.74, 6) is 1.57. The molecule has 0 N–H and O–H groups in total. The van der Waals surface area contributed by atoms with Crippen molar-refractivity contribution in [2.24, 2.45) is 0 Å². The Balaban J connectivity index is 1.49. The second-order valence-electron chi connectivity index (χ2n) is 17.7. The molecule has 0 aliphatic carbocycles. The van der Waals surface area contributed by atoms with Crippen LogP contribution in [0.5, 0.6) is 0 Å². The largest absolute Gasteiger partial charge is 0.308 e. The van der Waals surface area contributed by atoms with Crippen molar-refractivity contribution in [3.63, 3.8) is 0 Å². The number of aromatic nitrogens is 2. The van der Waals surface area contributed by atoms with Crippen LogP contribution in [0.1, 0.15) is 101 Å². The van der Waals surface area contributed by atoms with Crippen LogP contribution in [0.15, 0.2) is 121 Å². The van der Waals surface area contributed by atoms with Gasteiger partial charge in [-0.3, -0.25) is 0 Å². The highest BCUT2D eigenvalue weighted by molar-refractivity contribution is 6.45. The second-order valence-corrected chi connectivity index (χ2v) is 17.7. The van der Waals surface area contributed by atoms with Gasteiger partial charge in [0.1, 0.15) is 0 Å². The molecule has 0 aliphatic heterocycles. The van der Waals surface area contributed by atoms with Crippen LogP contribution in [0.4, 0.5) is 0 Å². The van der Waals surface area contributed by atoms with Gasteiger partial charge >= 0.3 is 0 Å². The summed E-state index contributed by atoms with van der Waals surface area (Å²) in [6, 6.07) is 46.4. The lowest BCUT2D eigenvalue weighted by Crippen LogP contribution is -1.96. The van der Waals surface area contributed by atoms with E-state index in [1.807, 2.05) is 0 Å². The topological polar surface area (TPSA) is 8.82 Å². The maximum absolute atomic E-state index is 2.68. The van der Waals surface area contributed by atoms with Gasteiger partial charge < -0.3 is 8.80 Å². The van der Waals surface area contributed by atoms with Crippen LogP contribution in [0.3, 0.4) is 0 Å². The van der Waals surface area contributed by atoms with Crippen molar-refractivity contribution in [1.82, 2.24) is 8.80 Å². The van der Waals surface area contributed by atoms with Crippen LogP contribution in [0.25, 0.3) is 98.4 Å². The molecule has 7 aromatic carbocycles. The number of fused-ring (bicyclic) bond motifs is 14. The zero-order chi connectivity index (χ0) is 38.3. The Kier molecular flexibility index (Phi) is 7.07. The van der Waals surface area contributed by atoms with E-state index in [-0.39, 0.29) is 0 Å². The molecule has 0 aliphatic rings. The zero-order valence-electron chi connectivity index (χ0n) is 33.8. The Hall–Kier alpha value is -5.86. The first-order valence-corrected chi connectivity index (χ1v) is 20.7. The lowest BCUT2D eigenvalue weighted by molar-refractivity contribution is 0.839. The third-order valence-corrected chi connectivity index (χ3v) is 13.0. The van der Waals surface area contributed by atoms with E-state index in [1.54, 1.807) is 0 Å². The van der Waals surface area contributed by atoms with Crippen molar-refractivity contribution in [1.29, 1.82) is 0 Å². The van der Waals surface area contributed by atoms with Gasteiger partial charge in [0, 0.05) is 43.1 Å². The van der Waals surface area contributed by atoms with Crippen LogP contribution >= 0.6 is 0 Å². The molecule has 11 rings (SSSR count). The van der Waals surface area contributed by atoms with Crippen molar-refractivity contribution in [3.05, 3.63) is 144 Å². The standard InChI is InChI=1S/C54H48N2/c1-29(2)37-25-39(31(5)6)51-43(27-37)49-47-41-23-35(33-15-11-9-12-16-33)20-22-46(41)56-52-40(32(7)8)26-38(30(3)4)28-44(52)50(54(47)56)48-42-24-36(34-17-13-10-14-18-34)19-21-45(42)55(51)53(48)49/h9-32H,1-8H3. The summed E-state index contributed by atoms with van der Waals surface area (Å²) in [4.78, 5) is 0. The van der Waals surface area contributed by atoms with Gasteiger partial charge in [-0.25, -0.2) is 0 Å². The third kappa shape index (κ3) is 4.39. The van der Waals surface area contributed by atoms with Gasteiger partial charge in [-0.2, -0.15) is 0 Å². The van der Waals surface area contributed by atoms with E-state index in [9.17, 15) is 0 Å². The minimum absolute atomic E-state index is 0.365. The Labute approximate surface area is 328 Å². The van der Waals surface area contributed by atoms with Gasteiger partial charge in [0.2, 0.25) is 0 Å². The maximum Gasteiger partial charge on any atom is 0.0634 e. The minimum atomic E-state index is 0.365. The molecule has 0 spiro atoms. The number of benzene rings is 7. The van der Waals surface area contributed by atoms with Gasteiger partial charge in [0.25, 0.3) is 0 Å². The number of rotatable bonds is 6. The molecular formula is C54H48N2. The van der Waals surface area contributed by atoms with E-state index in [0.717, 1.165) is 0 Å². The highest BCUT2D eigenvalue weighted by Crippen LogP contribution is 2.54. The van der Waals surface area contributed by atoms with E-state index >= 15 is 0 Å². The van der Waals surface area contributed by atoms with Crippen molar-refractivity contribution >= 4 is 76.2 Å². The molecule has 4 aromatic heterocycles. The van der Waals surface area contributed by atoms with Gasteiger partial charge in [-0.1, -0.05) is 140 Å². The van der Waals surface area contributed by atoms with Gasteiger partial charge in [-0.15, -0.1) is 0 Å². The highest BCUT2D eigenvalue weighted by atomic mass is 14.9. The summed E-state index contributed by atoms with van der Waals surface area (Å²) in [6.07, 6.45) is 0. The molecule has 0 saturated carbocycles. The molecule has 2 heteroatoms. The van der Waals surface area contributed by atoms with E-state index in [1.165, 1.54) is 121 Å². The Morgan fingerprint density at radius 2 is 0.696 bits per heavy atom. The van der Waals surface area contributed by atoms with E-state index in [4.69, 9.17) is 0 Å². The smallest absolute Gasteiger partial charge is 0.0634 e. The van der Waals surface area contributed by atoms with Crippen molar-refractivity contribution in [2.75, 3.05) is 0 Å². The molecular weight excluding hydrogens is 677 g/mol. The number of hydrogen-bond donors (Lipinski definition) is 0. The van der Waals surface area contributed by atoms with E-state index < -0.39 is 0 Å². The lowest BCUT2D eigenvalue weighted by atomic mass is 9.89. The lowest BCUT2D eigenvalue weighted by Gasteiger charge is -2.15. The summed E-state index contributed by atoms with van der Waals surface area (Å²) in [5.41, 5.74) is 18.8.